The van der Waals surface area contributed by atoms with Crippen LogP contribution in [0.15, 0.2) is 35.9 Å². The van der Waals surface area contributed by atoms with Crippen molar-refractivity contribution in [1.82, 2.24) is 9.80 Å². The molecule has 3 rings (SSSR count). The minimum Gasteiger partial charge on any atom is -0.341 e. The summed E-state index contributed by atoms with van der Waals surface area (Å²) in [4.78, 5) is 29.3. The maximum atomic E-state index is 13.9. The van der Waals surface area contributed by atoms with Crippen LogP contribution in [0.4, 0.5) is 4.39 Å². The van der Waals surface area contributed by atoms with Crippen LogP contribution in [0.2, 0.25) is 0 Å². The third kappa shape index (κ3) is 3.92. The Labute approximate surface area is 161 Å². The highest BCUT2D eigenvalue weighted by molar-refractivity contribution is 5.94. The maximum absolute atomic E-state index is 13.9. The molecule has 2 aliphatic rings. The number of amides is 2. The maximum Gasteiger partial charge on any atom is 0.256 e. The number of hydrogen-bond acceptors (Lipinski definition) is 2. The van der Waals surface area contributed by atoms with E-state index >= 15 is 0 Å². The molecule has 0 N–H and O–H groups in total. The SMILES string of the molecule is CC(C)=C[C@H]1[C@@H](C(=O)N2CCCN(C(=O)c3ccccc3F)CC2)C1(C)C. The molecule has 1 aromatic rings. The van der Waals surface area contributed by atoms with E-state index in [1.54, 1.807) is 17.0 Å². The lowest BCUT2D eigenvalue weighted by molar-refractivity contribution is -0.133. The van der Waals surface area contributed by atoms with E-state index in [1.165, 1.54) is 17.7 Å². The molecule has 5 heteroatoms. The molecule has 1 saturated carbocycles. The van der Waals surface area contributed by atoms with Crippen molar-refractivity contribution in [3.63, 3.8) is 0 Å². The predicted octanol–water partition coefficient (Wildman–Crippen LogP) is 3.74. The summed E-state index contributed by atoms with van der Waals surface area (Å²) >= 11 is 0. The molecule has 27 heavy (non-hydrogen) atoms. The molecule has 2 amide bonds. The van der Waals surface area contributed by atoms with Crippen LogP contribution in [0, 0.1) is 23.1 Å². The Morgan fingerprint density at radius 2 is 1.70 bits per heavy atom. The van der Waals surface area contributed by atoms with E-state index in [2.05, 4.69) is 33.8 Å². The number of allylic oxidation sites excluding steroid dienone is 2. The van der Waals surface area contributed by atoms with Crippen molar-refractivity contribution in [2.75, 3.05) is 26.2 Å². The Morgan fingerprint density at radius 1 is 1.07 bits per heavy atom. The zero-order chi connectivity index (χ0) is 19.8. The van der Waals surface area contributed by atoms with E-state index in [0.717, 1.165) is 0 Å². The van der Waals surface area contributed by atoms with Gasteiger partial charge in [0.25, 0.3) is 5.91 Å². The first-order valence-electron chi connectivity index (χ1n) is 9.71. The fourth-order valence-electron chi connectivity index (χ4n) is 4.16. The monoisotopic (exact) mass is 372 g/mol. The second-order valence-corrected chi connectivity index (χ2v) is 8.52. The van der Waals surface area contributed by atoms with Gasteiger partial charge in [-0.1, -0.05) is 37.6 Å². The molecule has 0 unspecified atom stereocenters. The van der Waals surface area contributed by atoms with Gasteiger partial charge in [0, 0.05) is 26.2 Å². The number of benzene rings is 1. The van der Waals surface area contributed by atoms with Gasteiger partial charge in [-0.05, 0) is 43.7 Å². The second kappa shape index (κ2) is 7.45. The minimum absolute atomic E-state index is 0.0106. The van der Waals surface area contributed by atoms with Crippen molar-refractivity contribution in [1.29, 1.82) is 0 Å². The van der Waals surface area contributed by atoms with Crippen LogP contribution in [-0.4, -0.2) is 47.8 Å². The highest BCUT2D eigenvalue weighted by atomic mass is 19.1. The van der Waals surface area contributed by atoms with Gasteiger partial charge < -0.3 is 9.80 Å². The first-order chi connectivity index (χ1) is 12.7. The molecule has 2 fully saturated rings. The Hall–Kier alpha value is -2.17. The Kier molecular flexibility index (Phi) is 5.41. The predicted molar refractivity (Wildman–Crippen MR) is 104 cm³/mol. The number of rotatable bonds is 3. The molecule has 0 radical (unpaired) electrons. The van der Waals surface area contributed by atoms with E-state index in [4.69, 9.17) is 0 Å². The van der Waals surface area contributed by atoms with Gasteiger partial charge in [-0.25, -0.2) is 4.39 Å². The van der Waals surface area contributed by atoms with Crippen molar-refractivity contribution in [3.05, 3.63) is 47.3 Å². The van der Waals surface area contributed by atoms with Crippen LogP contribution in [-0.2, 0) is 4.79 Å². The average molecular weight is 372 g/mol. The van der Waals surface area contributed by atoms with Crippen LogP contribution < -0.4 is 0 Å². The molecule has 1 aliphatic carbocycles. The van der Waals surface area contributed by atoms with Gasteiger partial charge in [0.2, 0.25) is 5.91 Å². The summed E-state index contributed by atoms with van der Waals surface area (Å²) in [6.45, 7) is 10.6. The van der Waals surface area contributed by atoms with Crippen molar-refractivity contribution in [2.45, 2.75) is 34.1 Å². The van der Waals surface area contributed by atoms with Gasteiger partial charge in [0.1, 0.15) is 5.82 Å². The lowest BCUT2D eigenvalue weighted by Gasteiger charge is -2.23. The molecule has 1 saturated heterocycles. The van der Waals surface area contributed by atoms with Crippen LogP contribution in [0.5, 0.6) is 0 Å². The Bertz CT molecular complexity index is 767. The van der Waals surface area contributed by atoms with Crippen LogP contribution in [0.1, 0.15) is 44.5 Å². The lowest BCUT2D eigenvalue weighted by atomic mass is 10.1. The minimum atomic E-state index is -0.496. The molecule has 0 aromatic heterocycles. The fraction of sp³-hybridized carbons (Fsp3) is 0.545. The molecule has 0 bridgehead atoms. The topological polar surface area (TPSA) is 40.6 Å². The number of nitrogens with zero attached hydrogens (tertiary/aromatic N) is 2. The summed E-state index contributed by atoms with van der Waals surface area (Å²) in [6, 6.07) is 6.07. The summed E-state index contributed by atoms with van der Waals surface area (Å²) in [5.74, 6) is -0.307. The number of carbonyl (C=O) groups excluding carboxylic acids is 2. The molecule has 1 aromatic carbocycles. The van der Waals surface area contributed by atoms with Gasteiger partial charge in [-0.3, -0.25) is 9.59 Å². The van der Waals surface area contributed by atoms with E-state index in [-0.39, 0.29) is 34.6 Å². The van der Waals surface area contributed by atoms with E-state index in [9.17, 15) is 14.0 Å². The molecule has 1 aliphatic heterocycles. The van der Waals surface area contributed by atoms with Crippen LogP contribution >= 0.6 is 0 Å². The lowest BCUT2D eigenvalue weighted by Crippen LogP contribution is -2.38. The van der Waals surface area contributed by atoms with Gasteiger partial charge in [-0.15, -0.1) is 0 Å². The third-order valence-electron chi connectivity index (χ3n) is 5.89. The number of carbonyl (C=O) groups is 2. The van der Waals surface area contributed by atoms with Crippen LogP contribution in [0.3, 0.4) is 0 Å². The highest BCUT2D eigenvalue weighted by Gasteiger charge is 2.61. The smallest absolute Gasteiger partial charge is 0.256 e. The molecule has 1 heterocycles. The highest BCUT2D eigenvalue weighted by Crippen LogP contribution is 2.60. The quantitative estimate of drug-likeness (QED) is 0.759. The van der Waals surface area contributed by atoms with Gasteiger partial charge in [0.05, 0.1) is 11.5 Å². The van der Waals surface area contributed by atoms with Crippen molar-refractivity contribution < 1.29 is 14.0 Å². The summed E-state index contributed by atoms with van der Waals surface area (Å²) < 4.78 is 13.9. The zero-order valence-electron chi connectivity index (χ0n) is 16.7. The zero-order valence-corrected chi connectivity index (χ0v) is 16.7. The van der Waals surface area contributed by atoms with Gasteiger partial charge in [0.15, 0.2) is 0 Å². The molecular weight excluding hydrogens is 343 g/mol. The largest absolute Gasteiger partial charge is 0.341 e. The molecular formula is C22H29FN2O2. The fourth-order valence-corrected chi connectivity index (χ4v) is 4.16. The summed E-state index contributed by atoms with van der Waals surface area (Å²) in [7, 11) is 0. The van der Waals surface area contributed by atoms with E-state index in [0.29, 0.717) is 32.6 Å². The molecule has 146 valence electrons. The summed E-state index contributed by atoms with van der Waals surface area (Å²) in [5, 5.41) is 0. The van der Waals surface area contributed by atoms with Crippen molar-refractivity contribution in [3.8, 4) is 0 Å². The summed E-state index contributed by atoms with van der Waals surface area (Å²) in [5.41, 5.74) is 1.33. The second-order valence-electron chi connectivity index (χ2n) is 8.52. The number of hydrogen-bond donors (Lipinski definition) is 0. The first-order valence-corrected chi connectivity index (χ1v) is 9.71. The van der Waals surface area contributed by atoms with Crippen molar-refractivity contribution >= 4 is 11.8 Å². The van der Waals surface area contributed by atoms with E-state index < -0.39 is 5.82 Å². The normalized spacial score (nSPS) is 24.2. The standard InChI is InChI=1S/C22H29FN2O2/c1-15(2)14-17-19(22(17,3)4)21(27)25-11-7-10-24(12-13-25)20(26)16-8-5-6-9-18(16)23/h5-6,8-9,14,17,19H,7,10-13H2,1-4H3/t17-,19-/m0/s1. The third-order valence-corrected chi connectivity index (χ3v) is 5.89. The molecule has 2 atom stereocenters. The number of halogens is 1. The van der Waals surface area contributed by atoms with Gasteiger partial charge >= 0.3 is 0 Å². The Balaban J connectivity index is 1.65. The van der Waals surface area contributed by atoms with Crippen LogP contribution in [0.25, 0.3) is 0 Å². The van der Waals surface area contributed by atoms with Gasteiger partial charge in [-0.2, -0.15) is 0 Å². The Morgan fingerprint density at radius 3 is 2.37 bits per heavy atom. The average Bonchev–Trinajstić information content (AvgIpc) is 3.23. The van der Waals surface area contributed by atoms with Crippen molar-refractivity contribution in [2.24, 2.45) is 17.3 Å². The summed E-state index contributed by atoms with van der Waals surface area (Å²) in [6.07, 6.45) is 2.92. The molecule has 4 nitrogen and oxygen atoms in total. The molecule has 0 spiro atoms. The first kappa shape index (κ1) is 19.6. The van der Waals surface area contributed by atoms with E-state index in [1.807, 2.05) is 4.90 Å².